The van der Waals surface area contributed by atoms with E-state index in [1.807, 2.05) is 0 Å². The highest BCUT2D eigenvalue weighted by Crippen LogP contribution is 2.18. The standard InChI is InChI=1S/C18H28N4O6/c1-2-13-4-3-11-21(13)12-15(24)20-9-7-14(23)19-10-8-18(27)28-22-16(25)5-6-17(22)26/h13H,2-12H2,1H3,(H,19,23)(H,20,24)/i8+1,10+1,12+1,14+1,18+1,19+1,20+1,21+1. The zero-order chi connectivity index (χ0) is 20.5. The second-order valence-electron chi connectivity index (χ2n) is 6.92. The number of rotatable bonds is 10. The maximum Gasteiger partial charge on any atom is 0.334 e. The molecule has 0 aromatic rings. The Morgan fingerprint density at radius 1 is 1.04 bits per heavy atom. The Bertz CT molecular complexity index is 607. The third kappa shape index (κ3) is 6.59. The van der Waals surface area contributed by atoms with E-state index in [1.54, 1.807) is 0 Å². The molecule has 0 aliphatic carbocycles. The first-order valence-electron chi connectivity index (χ1n) is 9.74. The number of imide groups is 1. The topological polar surface area (TPSA) is 125 Å². The van der Waals surface area contributed by atoms with Gasteiger partial charge in [-0.1, -0.05) is 6.92 Å². The van der Waals surface area contributed by atoms with Crippen molar-refractivity contribution >= 4 is 29.6 Å². The molecule has 0 aromatic carbocycles. The summed E-state index contributed by atoms with van der Waals surface area (Å²) in [5.41, 5.74) is 0. The second kappa shape index (κ2) is 10.7. The largest absolute Gasteiger partial charge is 0.355 e. The van der Waals surface area contributed by atoms with Crippen molar-refractivity contribution in [2.75, 3.05) is 26.2 Å². The zero-order valence-corrected chi connectivity index (χ0v) is 16.2. The highest BCUT2D eigenvalue weighted by molar-refractivity contribution is 6.01. The van der Waals surface area contributed by atoms with Crippen LogP contribution in [0.1, 0.15) is 51.9 Å². The van der Waals surface area contributed by atoms with Crippen LogP contribution in [0.25, 0.3) is 0 Å². The van der Waals surface area contributed by atoms with Gasteiger partial charge in [-0.3, -0.25) is 24.1 Å². The van der Waals surface area contributed by atoms with E-state index in [9.17, 15) is 24.0 Å². The molecule has 2 aliphatic rings. The van der Waals surface area contributed by atoms with Crippen molar-refractivity contribution in [3.8, 4) is 0 Å². The molecule has 0 radical (unpaired) electrons. The SMILES string of the molecule is CCC1CCC[15N]1[13CH2]C(=O)[15NH]CC[13C](=O)[15NH][13CH2][13CH2][13C](=O)ON1C(=O)CCC1=O. The third-order valence-electron chi connectivity index (χ3n) is 4.84. The van der Waals surface area contributed by atoms with Gasteiger partial charge in [0.2, 0.25) is 11.8 Å². The number of nitrogens with zero attached hydrogens (tertiary/aromatic N) is 2. The van der Waals surface area contributed by atoms with Gasteiger partial charge in [-0.05, 0) is 25.8 Å². The minimum absolute atomic E-state index is 0.0216. The third-order valence-corrected chi connectivity index (χ3v) is 4.84. The molecule has 1 atom stereocenters. The number of hydrogen-bond donors (Lipinski definition) is 2. The van der Waals surface area contributed by atoms with E-state index in [1.165, 1.54) is 0 Å². The van der Waals surface area contributed by atoms with Crippen molar-refractivity contribution in [1.29, 1.82) is 0 Å². The van der Waals surface area contributed by atoms with Gasteiger partial charge in [0.15, 0.2) is 0 Å². The molecule has 2 aliphatic heterocycles. The Kier molecular flexibility index (Phi) is 8.37. The van der Waals surface area contributed by atoms with Crippen molar-refractivity contribution in [2.45, 2.75) is 57.9 Å². The van der Waals surface area contributed by atoms with Crippen molar-refractivity contribution in [3.63, 3.8) is 0 Å². The second-order valence-corrected chi connectivity index (χ2v) is 6.92. The average molecular weight is 404 g/mol. The molecule has 10 nitrogen and oxygen atoms in total. The van der Waals surface area contributed by atoms with Crippen molar-refractivity contribution in [1.82, 2.24) is 20.6 Å². The van der Waals surface area contributed by atoms with Crippen molar-refractivity contribution in [2.24, 2.45) is 0 Å². The average Bonchev–Trinajstić information content (AvgIpc) is 3.22. The first-order valence-corrected chi connectivity index (χ1v) is 9.74. The zero-order valence-electron chi connectivity index (χ0n) is 16.2. The summed E-state index contributed by atoms with van der Waals surface area (Å²) >= 11 is 0. The minimum Gasteiger partial charge on any atom is -0.355 e. The summed E-state index contributed by atoms with van der Waals surface area (Å²) in [6.07, 6.45) is 3.25. The van der Waals surface area contributed by atoms with E-state index in [0.29, 0.717) is 17.6 Å². The molecule has 2 rings (SSSR count). The monoisotopic (exact) mass is 404 g/mol. The number of hydroxylamine groups is 2. The van der Waals surface area contributed by atoms with Crippen LogP contribution in [-0.2, 0) is 28.8 Å². The highest BCUT2D eigenvalue weighted by Gasteiger charge is 2.32. The molecule has 1 unspecified atom stereocenters. The lowest BCUT2D eigenvalue weighted by atomic mass is 10.2. The molecule has 0 aromatic heterocycles. The van der Waals surface area contributed by atoms with E-state index in [4.69, 9.17) is 4.84 Å². The molecular formula is C18H28N4O6. The Labute approximate surface area is 163 Å². The molecule has 0 spiro atoms. The van der Waals surface area contributed by atoms with Gasteiger partial charge in [0, 0.05) is 38.4 Å². The van der Waals surface area contributed by atoms with Crippen LogP contribution < -0.4 is 10.6 Å². The van der Waals surface area contributed by atoms with E-state index in [2.05, 4.69) is 22.5 Å². The molecular weight excluding hydrogens is 376 g/mol. The summed E-state index contributed by atoms with van der Waals surface area (Å²) in [5, 5.41) is 5.74. The molecule has 2 fully saturated rings. The fraction of sp³-hybridized carbons (Fsp3) is 0.722. The molecule has 156 valence electrons. The number of nitrogens with one attached hydrogen (secondary N) is 2. The number of hydrogen-bond acceptors (Lipinski definition) is 7. The van der Waals surface area contributed by atoms with Gasteiger partial charge >= 0.3 is 5.97 Å². The Morgan fingerprint density at radius 3 is 2.36 bits per heavy atom. The summed E-state index contributed by atoms with van der Waals surface area (Å²) in [5.74, 6) is -2.27. The lowest BCUT2D eigenvalue weighted by Gasteiger charge is -2.22. The maximum atomic E-state index is 12.0. The molecule has 2 saturated heterocycles. The first-order chi connectivity index (χ1) is 13.4. The van der Waals surface area contributed by atoms with E-state index < -0.39 is 17.8 Å². The molecule has 10 heteroatoms. The molecule has 0 saturated carbocycles. The Morgan fingerprint density at radius 2 is 1.68 bits per heavy atom. The predicted octanol–water partition coefficient (Wildman–Crippen LogP) is -0.519. The smallest absolute Gasteiger partial charge is 0.334 e. The lowest BCUT2D eigenvalue weighted by molar-refractivity contribution is -0.197. The molecule has 0 bridgehead atoms. The molecule has 28 heavy (non-hydrogen) atoms. The van der Waals surface area contributed by atoms with Crippen LogP contribution in [0.4, 0.5) is 0 Å². The number of amides is 4. The van der Waals surface area contributed by atoms with Crippen LogP contribution in [0, 0.1) is 0 Å². The number of carbonyl (C=O) groups is 5. The Balaban J connectivity index is 1.54. The van der Waals surface area contributed by atoms with Gasteiger partial charge < -0.3 is 15.5 Å². The molecule has 2 heterocycles. The van der Waals surface area contributed by atoms with Gasteiger partial charge in [0.05, 0.1) is 13.0 Å². The van der Waals surface area contributed by atoms with Crippen LogP contribution in [-0.4, -0.2) is 71.8 Å². The summed E-state index contributed by atoms with van der Waals surface area (Å²) in [4.78, 5) is 64.9. The van der Waals surface area contributed by atoms with Gasteiger partial charge in [0.25, 0.3) is 11.8 Å². The van der Waals surface area contributed by atoms with Gasteiger partial charge in [-0.15, -0.1) is 5.06 Å². The van der Waals surface area contributed by atoms with E-state index >= 15 is 0 Å². The van der Waals surface area contributed by atoms with Crippen molar-refractivity contribution in [3.05, 3.63) is 0 Å². The molecule has 2 N–H and O–H groups in total. The number of likely N-dealkylation sites (tertiary alicyclic amines) is 1. The van der Waals surface area contributed by atoms with Gasteiger partial charge in [0.1, 0.15) is 0 Å². The first kappa shape index (κ1) is 21.8. The number of carbonyl (C=O) groups excluding carboxylic acids is 5. The fourth-order valence-corrected chi connectivity index (χ4v) is 3.32. The maximum absolute atomic E-state index is 12.0. The lowest BCUT2D eigenvalue weighted by Crippen LogP contribution is -2.40. The molecule has 4 amide bonds. The van der Waals surface area contributed by atoms with E-state index in [0.717, 1.165) is 25.8 Å². The van der Waals surface area contributed by atoms with Gasteiger partial charge in [-0.25, -0.2) is 4.79 Å². The normalized spacial score (nSPS) is 19.8. The summed E-state index contributed by atoms with van der Waals surface area (Å²) in [6.45, 7) is 3.63. The van der Waals surface area contributed by atoms with Crippen LogP contribution in [0.3, 0.4) is 0 Å². The van der Waals surface area contributed by atoms with Crippen LogP contribution in [0.5, 0.6) is 0 Å². The Hall–Kier alpha value is -2.49. The van der Waals surface area contributed by atoms with Gasteiger partial charge in [-0.2, -0.15) is 0 Å². The quantitative estimate of drug-likeness (QED) is 0.285. The summed E-state index contributed by atoms with van der Waals surface area (Å²) < 4.78 is 0. The van der Waals surface area contributed by atoms with Crippen LogP contribution >= 0.6 is 0 Å². The fourth-order valence-electron chi connectivity index (χ4n) is 3.32. The summed E-state index contributed by atoms with van der Waals surface area (Å²) in [7, 11) is 0. The van der Waals surface area contributed by atoms with Crippen LogP contribution in [0.2, 0.25) is 0 Å². The summed E-state index contributed by atoms with van der Waals surface area (Å²) in [6, 6.07) is 0.458. The van der Waals surface area contributed by atoms with Crippen LogP contribution in [0.15, 0.2) is 0 Å². The predicted molar refractivity (Wildman–Crippen MR) is 97.3 cm³/mol. The minimum atomic E-state index is -0.770. The van der Waals surface area contributed by atoms with E-state index in [-0.39, 0.29) is 50.6 Å². The highest BCUT2D eigenvalue weighted by atomic mass is 16.8. The van der Waals surface area contributed by atoms with Crippen molar-refractivity contribution < 1.29 is 28.8 Å².